The quantitative estimate of drug-likeness (QED) is 0.613. The van der Waals surface area contributed by atoms with E-state index < -0.39 is 21.6 Å². The molecule has 11 heteroatoms. The van der Waals surface area contributed by atoms with Crippen molar-refractivity contribution in [3.05, 3.63) is 53.9 Å². The highest BCUT2D eigenvalue weighted by molar-refractivity contribution is 7.91. The van der Waals surface area contributed by atoms with Crippen LogP contribution in [0.3, 0.4) is 0 Å². The Morgan fingerprint density at radius 2 is 1.91 bits per heavy atom. The summed E-state index contributed by atoms with van der Waals surface area (Å²) in [6, 6.07) is 11.6. The summed E-state index contributed by atoms with van der Waals surface area (Å²) in [5.41, 5.74) is 1.41. The Bertz CT molecular complexity index is 1320. The van der Waals surface area contributed by atoms with Gasteiger partial charge in [-0.3, -0.25) is 0 Å². The highest BCUT2D eigenvalue weighted by Gasteiger charge is 2.20. The third-order valence-corrected chi connectivity index (χ3v) is 5.56. The second-order valence-corrected chi connectivity index (χ2v) is 9.67. The van der Waals surface area contributed by atoms with E-state index in [1.165, 1.54) is 23.0 Å². The van der Waals surface area contributed by atoms with E-state index in [-0.39, 0.29) is 16.6 Å². The summed E-state index contributed by atoms with van der Waals surface area (Å²) in [5.74, 6) is 0.0843. The van der Waals surface area contributed by atoms with Gasteiger partial charge >= 0.3 is 6.09 Å². The highest BCUT2D eigenvalue weighted by atomic mass is 32.2. The predicted octanol–water partition coefficient (Wildman–Crippen LogP) is 3.46. The van der Waals surface area contributed by atoms with Crippen molar-refractivity contribution >= 4 is 16.0 Å². The minimum absolute atomic E-state index is 0.0165. The van der Waals surface area contributed by atoms with Crippen LogP contribution in [0.2, 0.25) is 0 Å². The highest BCUT2D eigenvalue weighted by Crippen LogP contribution is 2.34. The number of aryl methyl sites for hydroxylation is 1. The number of carbonyl (C=O) groups excluding carboxylic acids is 1. The first-order valence-electron chi connectivity index (χ1n) is 9.45. The molecule has 2 heterocycles. The first-order chi connectivity index (χ1) is 14.9. The Morgan fingerprint density at radius 1 is 1.25 bits per heavy atom. The smallest absolute Gasteiger partial charge is 0.443 e. The molecule has 3 rings (SSSR count). The minimum atomic E-state index is -3.57. The molecule has 3 aromatic rings. The number of nitrogens with zero attached hydrogens (tertiary/aromatic N) is 5. The molecule has 0 aliphatic carbocycles. The van der Waals surface area contributed by atoms with E-state index in [1.54, 1.807) is 52.0 Å². The summed E-state index contributed by atoms with van der Waals surface area (Å²) < 4.78 is 22.4. The van der Waals surface area contributed by atoms with Gasteiger partial charge in [-0.1, -0.05) is 12.1 Å². The lowest BCUT2D eigenvalue weighted by molar-refractivity contribution is 0.0607. The van der Waals surface area contributed by atoms with Crippen LogP contribution in [0.25, 0.3) is 16.9 Å². The standard InChI is InChI=1S/C21H22N6O4S/c1-13-18(15-7-5-14(11-22)6-8-15)19(28)27(25-13)17-10-9-16(12-24-17)32(23,30)26-20(29)31-21(2,3)4/h5-10,12,28H,1-4H3,(H2,23,26,29,30). The number of aromatic nitrogens is 3. The van der Waals surface area contributed by atoms with E-state index in [0.29, 0.717) is 22.4 Å². The van der Waals surface area contributed by atoms with Gasteiger partial charge in [0.15, 0.2) is 5.82 Å². The number of nitriles is 1. The number of carbonyl (C=O) groups is 1. The van der Waals surface area contributed by atoms with Crippen molar-refractivity contribution in [3.8, 4) is 28.9 Å². The zero-order valence-electron chi connectivity index (χ0n) is 17.9. The third kappa shape index (κ3) is 4.93. The van der Waals surface area contributed by atoms with Crippen LogP contribution in [0.4, 0.5) is 4.79 Å². The molecule has 166 valence electrons. The van der Waals surface area contributed by atoms with Crippen molar-refractivity contribution in [3.63, 3.8) is 0 Å². The van der Waals surface area contributed by atoms with E-state index in [4.69, 9.17) is 15.1 Å². The van der Waals surface area contributed by atoms with Gasteiger partial charge in [0.05, 0.1) is 27.8 Å². The molecule has 2 aromatic heterocycles. The molecule has 0 fully saturated rings. The first kappa shape index (κ1) is 22.9. The third-order valence-electron chi connectivity index (χ3n) is 4.22. The van der Waals surface area contributed by atoms with Gasteiger partial charge in [0.1, 0.15) is 15.5 Å². The second kappa shape index (κ2) is 8.41. The molecule has 0 aliphatic heterocycles. The van der Waals surface area contributed by atoms with Crippen LogP contribution >= 0.6 is 0 Å². The van der Waals surface area contributed by atoms with E-state index in [9.17, 15) is 14.1 Å². The molecular formula is C21H22N6O4S. The molecule has 0 saturated heterocycles. The fourth-order valence-corrected chi connectivity index (χ4v) is 3.67. The first-order valence-corrected chi connectivity index (χ1v) is 11.0. The van der Waals surface area contributed by atoms with Crippen molar-refractivity contribution < 1.29 is 18.8 Å². The van der Waals surface area contributed by atoms with Crippen molar-refractivity contribution in [1.29, 1.82) is 5.26 Å². The van der Waals surface area contributed by atoms with Crippen LogP contribution in [-0.2, 0) is 14.7 Å². The molecule has 0 aliphatic rings. The summed E-state index contributed by atoms with van der Waals surface area (Å²) in [6.45, 7) is 6.68. The van der Waals surface area contributed by atoms with Gasteiger partial charge in [-0.25, -0.2) is 19.1 Å². The normalized spacial score (nSPS) is 13.1. The molecule has 1 unspecified atom stereocenters. The number of nitrogens with two attached hydrogens (primary N) is 1. The summed E-state index contributed by atoms with van der Waals surface area (Å²) in [6.07, 6.45) is 0.157. The van der Waals surface area contributed by atoms with Crippen LogP contribution in [0, 0.1) is 18.3 Å². The molecule has 0 radical (unpaired) electrons. The number of benzene rings is 1. The van der Waals surface area contributed by atoms with E-state index >= 15 is 0 Å². The van der Waals surface area contributed by atoms with Gasteiger partial charge in [0.2, 0.25) is 5.88 Å². The average Bonchev–Trinajstić information content (AvgIpc) is 3.00. The molecule has 0 saturated carbocycles. The lowest BCUT2D eigenvalue weighted by Gasteiger charge is -2.17. The molecule has 10 nitrogen and oxygen atoms in total. The maximum absolute atomic E-state index is 12.7. The van der Waals surface area contributed by atoms with Crippen LogP contribution in [-0.4, -0.2) is 35.8 Å². The van der Waals surface area contributed by atoms with Gasteiger partial charge in [-0.2, -0.15) is 15.0 Å². The number of pyridine rings is 1. The summed E-state index contributed by atoms with van der Waals surface area (Å²) in [4.78, 5) is 16.0. The monoisotopic (exact) mass is 454 g/mol. The zero-order chi connectivity index (χ0) is 23.7. The largest absolute Gasteiger partial charge is 0.493 e. The fraction of sp³-hybridized carbons (Fsp3) is 0.238. The topological polar surface area (TPSA) is 156 Å². The lowest BCUT2D eigenvalue weighted by atomic mass is 10.0. The molecule has 3 N–H and O–H groups in total. The molecular weight excluding hydrogens is 432 g/mol. The fourth-order valence-electron chi connectivity index (χ4n) is 2.84. The van der Waals surface area contributed by atoms with E-state index in [1.807, 2.05) is 6.07 Å². The summed E-state index contributed by atoms with van der Waals surface area (Å²) in [7, 11) is -3.57. The van der Waals surface area contributed by atoms with Crippen LogP contribution in [0.15, 0.2) is 51.9 Å². The number of rotatable bonds is 3. The molecule has 1 atom stereocenters. The van der Waals surface area contributed by atoms with Crippen molar-refractivity contribution in [2.45, 2.75) is 38.2 Å². The Kier molecular flexibility index (Phi) is 6.03. The van der Waals surface area contributed by atoms with Crippen LogP contribution in [0.5, 0.6) is 5.88 Å². The minimum Gasteiger partial charge on any atom is -0.493 e. The van der Waals surface area contributed by atoms with Crippen LogP contribution in [0.1, 0.15) is 32.0 Å². The van der Waals surface area contributed by atoms with Crippen LogP contribution < -0.4 is 5.14 Å². The maximum Gasteiger partial charge on any atom is 0.443 e. The van der Waals surface area contributed by atoms with Gasteiger partial charge in [0.25, 0.3) is 0 Å². The van der Waals surface area contributed by atoms with Crippen molar-refractivity contribution in [1.82, 2.24) is 14.8 Å². The average molecular weight is 455 g/mol. The number of ether oxygens (including phenoxy) is 1. The van der Waals surface area contributed by atoms with Crippen molar-refractivity contribution in [2.24, 2.45) is 9.50 Å². The van der Waals surface area contributed by atoms with E-state index in [0.717, 1.165) is 0 Å². The Balaban J connectivity index is 1.94. The lowest BCUT2D eigenvalue weighted by Crippen LogP contribution is -2.24. The maximum atomic E-state index is 12.7. The number of hydrogen-bond donors (Lipinski definition) is 2. The van der Waals surface area contributed by atoms with E-state index in [2.05, 4.69) is 14.4 Å². The SMILES string of the molecule is Cc1nn(-c2ccc(S(N)(=O)=NC(=O)OC(C)(C)C)cn2)c(O)c1-c1ccc(C#N)cc1. The van der Waals surface area contributed by atoms with Gasteiger partial charge < -0.3 is 9.84 Å². The molecule has 1 amide bonds. The molecule has 1 aromatic carbocycles. The zero-order valence-corrected chi connectivity index (χ0v) is 18.8. The summed E-state index contributed by atoms with van der Waals surface area (Å²) in [5, 5.41) is 29.7. The summed E-state index contributed by atoms with van der Waals surface area (Å²) >= 11 is 0. The molecule has 32 heavy (non-hydrogen) atoms. The molecule has 0 bridgehead atoms. The number of aromatic hydroxyl groups is 1. The number of hydrogen-bond acceptors (Lipinski definition) is 7. The van der Waals surface area contributed by atoms with Gasteiger partial charge in [-0.15, -0.1) is 4.36 Å². The second-order valence-electron chi connectivity index (χ2n) is 7.88. The van der Waals surface area contributed by atoms with Gasteiger partial charge in [-0.05, 0) is 57.5 Å². The predicted molar refractivity (Wildman–Crippen MR) is 117 cm³/mol. The Hall–Kier alpha value is -3.75. The number of amides is 1. The Labute approximate surface area is 185 Å². The van der Waals surface area contributed by atoms with Crippen molar-refractivity contribution in [2.75, 3.05) is 0 Å². The van der Waals surface area contributed by atoms with Gasteiger partial charge in [0, 0.05) is 6.20 Å². The molecule has 0 spiro atoms. The Morgan fingerprint density at radius 3 is 2.44 bits per heavy atom.